The second-order valence-corrected chi connectivity index (χ2v) is 8.73. The Hall–Kier alpha value is -1.73. The fourth-order valence-corrected chi connectivity index (χ4v) is 5.18. The fraction of sp³-hybridized carbons (Fsp3) is 0.375. The number of sulfone groups is 1. The average Bonchev–Trinajstić information content (AvgIpc) is 3.19. The Morgan fingerprint density at radius 2 is 1.83 bits per heavy atom. The lowest BCUT2D eigenvalue weighted by molar-refractivity contribution is 0.0793. The summed E-state index contributed by atoms with van der Waals surface area (Å²) >= 11 is 1.34. The summed E-state index contributed by atoms with van der Waals surface area (Å²) in [6, 6.07) is 6.90. The van der Waals surface area contributed by atoms with Gasteiger partial charge in [-0.1, -0.05) is 12.1 Å². The van der Waals surface area contributed by atoms with Gasteiger partial charge in [-0.25, -0.2) is 8.42 Å². The van der Waals surface area contributed by atoms with Crippen LogP contribution in [0, 0.1) is 0 Å². The van der Waals surface area contributed by atoms with Crippen LogP contribution in [0.3, 0.4) is 0 Å². The zero-order valence-corrected chi connectivity index (χ0v) is 14.3. The van der Waals surface area contributed by atoms with E-state index in [1.807, 2.05) is 4.90 Å². The van der Waals surface area contributed by atoms with Crippen molar-refractivity contribution in [3.8, 4) is 0 Å². The number of rotatable bonds is 5. The molecule has 0 spiro atoms. The van der Waals surface area contributed by atoms with E-state index in [0.29, 0.717) is 11.1 Å². The molecule has 2 aromatic rings. The molecule has 0 saturated carbocycles. The van der Waals surface area contributed by atoms with Crippen LogP contribution in [0.2, 0.25) is 0 Å². The molecule has 122 valence electrons. The largest absolute Gasteiger partial charge is 0.339 e. The minimum absolute atomic E-state index is 0.00608. The lowest BCUT2D eigenvalue weighted by Gasteiger charge is -2.15. The van der Waals surface area contributed by atoms with Crippen LogP contribution in [0.25, 0.3) is 0 Å². The van der Waals surface area contributed by atoms with Gasteiger partial charge in [-0.05, 0) is 30.5 Å². The smallest absolute Gasteiger partial charge is 0.253 e. The summed E-state index contributed by atoms with van der Waals surface area (Å²) in [6.45, 7) is 1.62. The normalized spacial score (nSPS) is 15.0. The standard InChI is InChI=1S/C16H18N2O3S2/c19-16(18-7-1-2-8-18)14-5-3-13(4-6-14)10-23(20,21)11-15-9-17-12-22-15/h3-6,9,12H,1-2,7-8,10-11H2. The summed E-state index contributed by atoms with van der Waals surface area (Å²) in [5.74, 6) is 0.0106. The molecule has 0 bridgehead atoms. The Bertz CT molecular complexity index is 762. The SMILES string of the molecule is O=C(c1ccc(CS(=O)(=O)Cc2cncs2)cc1)N1CCCC1. The summed E-state index contributed by atoms with van der Waals surface area (Å²) in [6.07, 6.45) is 3.69. The molecular weight excluding hydrogens is 332 g/mol. The third-order valence-electron chi connectivity index (χ3n) is 3.83. The predicted octanol–water partition coefficient (Wildman–Crippen LogP) is 2.49. The molecule has 1 saturated heterocycles. The minimum atomic E-state index is -3.23. The highest BCUT2D eigenvalue weighted by Gasteiger charge is 2.20. The van der Waals surface area contributed by atoms with Crippen LogP contribution in [0.1, 0.15) is 33.6 Å². The van der Waals surface area contributed by atoms with Crippen molar-refractivity contribution in [1.29, 1.82) is 0 Å². The molecule has 1 amide bonds. The van der Waals surface area contributed by atoms with Crippen molar-refractivity contribution in [3.63, 3.8) is 0 Å². The highest BCUT2D eigenvalue weighted by atomic mass is 32.2. The molecule has 0 N–H and O–H groups in total. The first kappa shape index (κ1) is 16.1. The molecule has 0 aliphatic carbocycles. The molecule has 0 radical (unpaired) electrons. The van der Waals surface area contributed by atoms with Gasteiger partial charge in [0.25, 0.3) is 5.91 Å². The molecule has 1 aliphatic rings. The summed E-state index contributed by atoms with van der Waals surface area (Å²) in [5.41, 5.74) is 2.95. The van der Waals surface area contributed by atoms with Crippen LogP contribution >= 0.6 is 11.3 Å². The van der Waals surface area contributed by atoms with Crippen molar-refractivity contribution in [2.75, 3.05) is 13.1 Å². The lowest BCUT2D eigenvalue weighted by atomic mass is 10.1. The van der Waals surface area contributed by atoms with Crippen molar-refractivity contribution in [1.82, 2.24) is 9.88 Å². The topological polar surface area (TPSA) is 67.3 Å². The van der Waals surface area contributed by atoms with E-state index in [9.17, 15) is 13.2 Å². The second-order valence-electron chi connectivity index (χ2n) is 5.70. The monoisotopic (exact) mass is 350 g/mol. The minimum Gasteiger partial charge on any atom is -0.339 e. The highest BCUT2D eigenvalue weighted by molar-refractivity contribution is 7.90. The van der Waals surface area contributed by atoms with Gasteiger partial charge in [0, 0.05) is 29.7 Å². The van der Waals surface area contributed by atoms with E-state index in [-0.39, 0.29) is 17.4 Å². The first-order valence-corrected chi connectivity index (χ1v) is 10.2. The number of likely N-dealkylation sites (tertiary alicyclic amines) is 1. The molecule has 7 heteroatoms. The van der Waals surface area contributed by atoms with Crippen LogP contribution < -0.4 is 0 Å². The Morgan fingerprint density at radius 3 is 2.43 bits per heavy atom. The Kier molecular flexibility index (Phi) is 4.77. The molecule has 1 fully saturated rings. The first-order valence-electron chi connectivity index (χ1n) is 7.49. The maximum atomic E-state index is 12.3. The molecule has 1 aliphatic heterocycles. The zero-order valence-electron chi connectivity index (χ0n) is 12.6. The average molecular weight is 350 g/mol. The van der Waals surface area contributed by atoms with Crippen molar-refractivity contribution in [2.24, 2.45) is 0 Å². The summed E-state index contributed by atoms with van der Waals surface area (Å²) in [7, 11) is -3.23. The van der Waals surface area contributed by atoms with Gasteiger partial charge in [-0.15, -0.1) is 11.3 Å². The van der Waals surface area contributed by atoms with Gasteiger partial charge < -0.3 is 4.90 Å². The molecule has 0 unspecified atom stereocenters. The van der Waals surface area contributed by atoms with E-state index in [0.717, 1.165) is 30.8 Å². The van der Waals surface area contributed by atoms with Gasteiger partial charge in [-0.2, -0.15) is 0 Å². The predicted molar refractivity (Wildman–Crippen MR) is 90.0 cm³/mol. The fourth-order valence-electron chi connectivity index (χ4n) is 2.68. The van der Waals surface area contributed by atoms with Crippen LogP contribution in [0.15, 0.2) is 36.0 Å². The van der Waals surface area contributed by atoms with E-state index in [4.69, 9.17) is 0 Å². The van der Waals surface area contributed by atoms with E-state index in [1.165, 1.54) is 11.3 Å². The van der Waals surface area contributed by atoms with Gasteiger partial charge in [0.05, 0.1) is 17.0 Å². The van der Waals surface area contributed by atoms with Gasteiger partial charge in [-0.3, -0.25) is 9.78 Å². The van der Waals surface area contributed by atoms with E-state index >= 15 is 0 Å². The quantitative estimate of drug-likeness (QED) is 0.831. The van der Waals surface area contributed by atoms with E-state index in [2.05, 4.69) is 4.98 Å². The second kappa shape index (κ2) is 6.80. The van der Waals surface area contributed by atoms with Crippen LogP contribution in [-0.4, -0.2) is 37.3 Å². The maximum Gasteiger partial charge on any atom is 0.253 e. The zero-order chi connectivity index (χ0) is 16.3. The summed E-state index contributed by atoms with van der Waals surface area (Å²) < 4.78 is 24.4. The van der Waals surface area contributed by atoms with Gasteiger partial charge >= 0.3 is 0 Å². The molecule has 2 heterocycles. The Morgan fingerprint density at radius 1 is 1.13 bits per heavy atom. The number of carbonyl (C=O) groups excluding carboxylic acids is 1. The number of hydrogen-bond acceptors (Lipinski definition) is 5. The third-order valence-corrected chi connectivity index (χ3v) is 6.31. The maximum absolute atomic E-state index is 12.3. The van der Waals surface area contributed by atoms with Crippen LogP contribution in [-0.2, 0) is 21.3 Å². The van der Waals surface area contributed by atoms with E-state index in [1.54, 1.807) is 36.0 Å². The number of nitrogens with zero attached hydrogens (tertiary/aromatic N) is 2. The molecule has 3 rings (SSSR count). The highest BCUT2D eigenvalue weighted by Crippen LogP contribution is 2.17. The number of hydrogen-bond donors (Lipinski definition) is 0. The number of benzene rings is 1. The van der Waals surface area contributed by atoms with Gasteiger partial charge in [0.2, 0.25) is 0 Å². The Balaban J connectivity index is 1.66. The van der Waals surface area contributed by atoms with Crippen LogP contribution in [0.4, 0.5) is 0 Å². The molecule has 0 atom stereocenters. The van der Waals surface area contributed by atoms with Gasteiger partial charge in [0.1, 0.15) is 0 Å². The van der Waals surface area contributed by atoms with Crippen molar-refractivity contribution < 1.29 is 13.2 Å². The molecular formula is C16H18N2O3S2. The van der Waals surface area contributed by atoms with Gasteiger partial charge in [0.15, 0.2) is 9.84 Å². The molecule has 1 aromatic heterocycles. The number of aromatic nitrogens is 1. The molecule has 1 aromatic carbocycles. The number of carbonyl (C=O) groups is 1. The first-order chi connectivity index (χ1) is 11.0. The van der Waals surface area contributed by atoms with Crippen LogP contribution in [0.5, 0.6) is 0 Å². The van der Waals surface area contributed by atoms with Crippen molar-refractivity contribution in [2.45, 2.75) is 24.3 Å². The number of amides is 1. The summed E-state index contributed by atoms with van der Waals surface area (Å²) in [5, 5.41) is 0. The lowest BCUT2D eigenvalue weighted by Crippen LogP contribution is -2.27. The molecule has 23 heavy (non-hydrogen) atoms. The Labute approximate surface area is 139 Å². The van der Waals surface area contributed by atoms with E-state index < -0.39 is 9.84 Å². The summed E-state index contributed by atoms with van der Waals surface area (Å²) in [4.78, 5) is 18.7. The number of thiazole rings is 1. The van der Waals surface area contributed by atoms with Crippen molar-refractivity contribution >= 4 is 27.1 Å². The molecule has 5 nitrogen and oxygen atoms in total. The van der Waals surface area contributed by atoms with Crippen molar-refractivity contribution in [3.05, 3.63) is 52.0 Å². The third kappa shape index (κ3) is 4.17.